The third-order valence-corrected chi connectivity index (χ3v) is 7.59. The molecule has 0 aliphatic carbocycles. The summed E-state index contributed by atoms with van der Waals surface area (Å²) in [5.41, 5.74) is 3.23. The van der Waals surface area contributed by atoms with Crippen LogP contribution in [0.15, 0.2) is 97.5 Å². The van der Waals surface area contributed by atoms with Gasteiger partial charge in [0.2, 0.25) is 0 Å². The minimum absolute atomic E-state index is 0.0995. The molecule has 3 aromatic carbocycles. The molecule has 0 bridgehead atoms. The molecule has 0 fully saturated rings. The van der Waals surface area contributed by atoms with Crippen molar-refractivity contribution >= 4 is 57.8 Å². The lowest BCUT2D eigenvalue weighted by molar-refractivity contribution is 0.0955. The minimum atomic E-state index is -0.494. The summed E-state index contributed by atoms with van der Waals surface area (Å²) in [6, 6.07) is 24.6. The van der Waals surface area contributed by atoms with E-state index in [9.17, 15) is 9.59 Å². The number of carbonyl (C=O) groups is 2. The highest BCUT2D eigenvalue weighted by Gasteiger charge is 2.19. The zero-order chi connectivity index (χ0) is 33.9. The fraction of sp³-hybridized carbons (Fsp3) is 0.200. The van der Waals surface area contributed by atoms with Crippen LogP contribution >= 0.6 is 24.4 Å². The van der Waals surface area contributed by atoms with Gasteiger partial charge in [0.15, 0.2) is 21.9 Å². The maximum Gasteiger partial charge on any atom is 0.293 e. The van der Waals surface area contributed by atoms with Gasteiger partial charge in [-0.1, -0.05) is 56.2 Å². The average Bonchev–Trinajstić information content (AvgIpc) is 3.68. The van der Waals surface area contributed by atoms with E-state index in [-0.39, 0.29) is 28.4 Å². The Morgan fingerprint density at radius 1 is 0.812 bits per heavy atom. The largest absolute Gasteiger partial charge is 0.457 e. The quantitative estimate of drug-likeness (QED) is 0.0870. The summed E-state index contributed by atoms with van der Waals surface area (Å²) in [7, 11) is 1.70. The summed E-state index contributed by atoms with van der Waals surface area (Å²) < 4.78 is 9.09. The number of aryl methyl sites for hydroxylation is 2. The number of para-hydroxylation sites is 1. The Hall–Kier alpha value is -5.40. The smallest absolute Gasteiger partial charge is 0.293 e. The molecule has 0 radical (unpaired) electrons. The molecule has 5 rings (SSSR count). The molecule has 2 aromatic heterocycles. The molecule has 0 aliphatic rings. The molecule has 4 N–H and O–H groups in total. The van der Waals surface area contributed by atoms with Crippen molar-refractivity contribution in [3.63, 3.8) is 0 Å². The summed E-state index contributed by atoms with van der Waals surface area (Å²) in [4.78, 5) is 34.8. The second-order valence-corrected chi connectivity index (χ2v) is 11.8. The predicted octanol–water partition coefficient (Wildman–Crippen LogP) is 6.44. The van der Waals surface area contributed by atoms with Crippen molar-refractivity contribution in [2.75, 3.05) is 10.6 Å². The minimum Gasteiger partial charge on any atom is -0.457 e. The van der Waals surface area contributed by atoms with Crippen molar-refractivity contribution in [3.8, 4) is 11.5 Å². The molecule has 0 atom stereocenters. The lowest BCUT2D eigenvalue weighted by Crippen LogP contribution is -2.36. The van der Waals surface area contributed by atoms with Crippen LogP contribution in [-0.2, 0) is 20.0 Å². The monoisotopic (exact) mass is 680 g/mol. The van der Waals surface area contributed by atoms with Crippen LogP contribution in [-0.4, -0.2) is 41.1 Å². The fourth-order valence-electron chi connectivity index (χ4n) is 4.87. The van der Waals surface area contributed by atoms with Gasteiger partial charge in [-0.2, -0.15) is 0 Å². The highest BCUT2D eigenvalue weighted by Crippen LogP contribution is 2.24. The van der Waals surface area contributed by atoms with Crippen LogP contribution in [0.1, 0.15) is 58.7 Å². The molecule has 13 heteroatoms. The summed E-state index contributed by atoms with van der Waals surface area (Å²) >= 11 is 10.8. The lowest BCUT2D eigenvalue weighted by atomic mass is 10.1. The van der Waals surface area contributed by atoms with Gasteiger partial charge in [-0.3, -0.25) is 20.2 Å². The normalized spacial score (nSPS) is 10.6. The number of nitrogens with one attached hydrogen (secondary N) is 4. The summed E-state index contributed by atoms with van der Waals surface area (Å²) in [5.74, 6) is 0.634. The molecule has 48 heavy (non-hydrogen) atoms. The van der Waals surface area contributed by atoms with E-state index in [1.807, 2.05) is 60.7 Å². The maximum absolute atomic E-state index is 13.1. The van der Waals surface area contributed by atoms with E-state index in [1.165, 1.54) is 24.6 Å². The van der Waals surface area contributed by atoms with Crippen molar-refractivity contribution < 1.29 is 14.3 Å². The highest BCUT2D eigenvalue weighted by molar-refractivity contribution is 7.80. The summed E-state index contributed by atoms with van der Waals surface area (Å²) in [5, 5.41) is 11.7. The first-order chi connectivity index (χ1) is 23.3. The second-order valence-electron chi connectivity index (χ2n) is 11.0. The van der Waals surface area contributed by atoms with Gasteiger partial charge in [0.05, 0.1) is 12.2 Å². The zero-order valence-corrected chi connectivity index (χ0v) is 28.2. The topological polar surface area (TPSA) is 127 Å². The molecule has 0 saturated carbocycles. The van der Waals surface area contributed by atoms with E-state index in [4.69, 9.17) is 29.2 Å². The van der Waals surface area contributed by atoms with Crippen LogP contribution in [0.3, 0.4) is 0 Å². The Labute approximate surface area is 289 Å². The van der Waals surface area contributed by atoms with Gasteiger partial charge in [0.1, 0.15) is 11.5 Å². The van der Waals surface area contributed by atoms with Gasteiger partial charge in [0.25, 0.3) is 11.8 Å². The SMILES string of the molecule is CCCCCc1ccc(NC(=S)NC(=O)c2nccn2Cc2cn(C)c(C(=O)NC(=S)Nc3cccc(Oc4ccccc4)c3)n2)cc1. The van der Waals surface area contributed by atoms with Crippen LogP contribution in [0.5, 0.6) is 11.5 Å². The van der Waals surface area contributed by atoms with E-state index in [0.717, 1.165) is 18.5 Å². The molecule has 11 nitrogen and oxygen atoms in total. The molecule has 246 valence electrons. The molecular formula is C35H36N8O3S2. The fourth-order valence-corrected chi connectivity index (χ4v) is 5.30. The van der Waals surface area contributed by atoms with Crippen molar-refractivity contribution in [3.05, 3.63) is 120 Å². The van der Waals surface area contributed by atoms with Crippen LogP contribution in [0.25, 0.3) is 0 Å². The van der Waals surface area contributed by atoms with Crippen LogP contribution < -0.4 is 26.0 Å². The number of anilines is 2. The van der Waals surface area contributed by atoms with Gasteiger partial charge in [-0.15, -0.1) is 0 Å². The number of imidazole rings is 2. The van der Waals surface area contributed by atoms with E-state index < -0.39 is 11.8 Å². The Kier molecular flexibility index (Phi) is 11.6. The number of benzene rings is 3. The Morgan fingerprint density at radius 2 is 1.50 bits per heavy atom. The first-order valence-electron chi connectivity index (χ1n) is 15.5. The molecule has 0 saturated heterocycles. The first kappa shape index (κ1) is 33.9. The molecule has 0 unspecified atom stereocenters. The lowest BCUT2D eigenvalue weighted by Gasteiger charge is -2.11. The number of hydrogen-bond acceptors (Lipinski definition) is 7. The number of carbonyl (C=O) groups excluding carboxylic acids is 2. The number of rotatable bonds is 12. The number of ether oxygens (including phenoxy) is 1. The van der Waals surface area contributed by atoms with Gasteiger partial charge >= 0.3 is 0 Å². The molecule has 2 heterocycles. The third-order valence-electron chi connectivity index (χ3n) is 7.19. The molecule has 5 aromatic rings. The van der Waals surface area contributed by atoms with Crippen molar-refractivity contribution in [1.82, 2.24) is 29.7 Å². The number of unbranched alkanes of at least 4 members (excludes halogenated alkanes) is 2. The van der Waals surface area contributed by atoms with Crippen molar-refractivity contribution in [1.29, 1.82) is 0 Å². The van der Waals surface area contributed by atoms with Gasteiger partial charge < -0.3 is 24.5 Å². The average molecular weight is 681 g/mol. The Morgan fingerprint density at radius 3 is 2.23 bits per heavy atom. The number of amides is 2. The van der Waals surface area contributed by atoms with Gasteiger partial charge in [-0.05, 0) is 79.2 Å². The maximum atomic E-state index is 13.1. The summed E-state index contributed by atoms with van der Waals surface area (Å²) in [6.07, 6.45) is 9.46. The standard InChI is InChI=1S/C35H36N8O3S2/c1-3-4-6-10-24-15-17-25(18-16-24)38-34(47)40-32(44)30-36-19-20-43(30)23-27-22-42(2)31(37-27)33(45)41-35(48)39-26-11-9-14-29(21-26)46-28-12-7-5-8-13-28/h5,7-9,11-22H,3-4,6,10,23H2,1-2H3,(H2,38,40,44,47)(H2,39,41,45,48). The second kappa shape index (κ2) is 16.4. The van der Waals surface area contributed by atoms with E-state index in [2.05, 4.69) is 50.3 Å². The van der Waals surface area contributed by atoms with E-state index in [0.29, 0.717) is 22.9 Å². The third kappa shape index (κ3) is 9.56. The molecule has 0 spiro atoms. The summed E-state index contributed by atoms with van der Waals surface area (Å²) in [6.45, 7) is 2.38. The van der Waals surface area contributed by atoms with Crippen LogP contribution in [0.2, 0.25) is 0 Å². The van der Waals surface area contributed by atoms with E-state index >= 15 is 0 Å². The number of aromatic nitrogens is 4. The zero-order valence-electron chi connectivity index (χ0n) is 26.6. The predicted molar refractivity (Wildman–Crippen MR) is 195 cm³/mol. The van der Waals surface area contributed by atoms with E-state index in [1.54, 1.807) is 34.6 Å². The molecule has 0 aliphatic heterocycles. The van der Waals surface area contributed by atoms with Gasteiger partial charge in [-0.25, -0.2) is 9.97 Å². The number of hydrogen-bond donors (Lipinski definition) is 4. The highest BCUT2D eigenvalue weighted by atomic mass is 32.1. The van der Waals surface area contributed by atoms with Crippen LogP contribution in [0, 0.1) is 0 Å². The first-order valence-corrected chi connectivity index (χ1v) is 16.3. The molecule has 2 amide bonds. The van der Waals surface area contributed by atoms with Crippen LogP contribution in [0.4, 0.5) is 11.4 Å². The Balaban J connectivity index is 1.14. The number of thiocarbonyl (C=S) groups is 2. The van der Waals surface area contributed by atoms with Crippen molar-refractivity contribution in [2.24, 2.45) is 7.05 Å². The molecular weight excluding hydrogens is 645 g/mol. The van der Waals surface area contributed by atoms with Crippen molar-refractivity contribution in [2.45, 2.75) is 39.2 Å². The number of nitrogens with zero attached hydrogens (tertiary/aromatic N) is 4. The Bertz CT molecular complexity index is 1890. The van der Waals surface area contributed by atoms with Gasteiger partial charge in [0, 0.05) is 43.1 Å².